The number of aliphatic hydroxyl groups excluding tert-OH is 1. The van der Waals surface area contributed by atoms with Crippen molar-refractivity contribution >= 4 is 5.91 Å². The molecule has 1 amide bonds. The Morgan fingerprint density at radius 3 is 2.52 bits per heavy atom. The average molecular weight is 342 g/mol. The first-order valence-corrected chi connectivity index (χ1v) is 8.86. The molecule has 0 aliphatic heterocycles. The molecule has 1 aromatic heterocycles. The van der Waals surface area contributed by atoms with Crippen LogP contribution in [0.15, 0.2) is 30.3 Å². The molecule has 2 aromatic rings. The minimum absolute atomic E-state index is 0.0149. The molecule has 1 unspecified atom stereocenters. The summed E-state index contributed by atoms with van der Waals surface area (Å²) in [4.78, 5) is 16.5. The predicted octanol–water partition coefficient (Wildman–Crippen LogP) is 2.18. The van der Waals surface area contributed by atoms with Gasteiger partial charge in [-0.2, -0.15) is 5.10 Å². The predicted molar refractivity (Wildman–Crippen MR) is 95.0 cm³/mol. The second-order valence-corrected chi connectivity index (χ2v) is 7.11. The summed E-state index contributed by atoms with van der Waals surface area (Å²) in [5.41, 5.74) is 1.09. The second kappa shape index (κ2) is 6.96. The van der Waals surface area contributed by atoms with E-state index >= 15 is 0 Å². The number of carbonyl (C=O) groups is 1. The van der Waals surface area contributed by atoms with Crippen LogP contribution in [-0.4, -0.2) is 32.4 Å². The number of aromatic nitrogens is 3. The molecule has 0 radical (unpaired) electrons. The fourth-order valence-corrected chi connectivity index (χ4v) is 3.32. The molecule has 0 saturated heterocycles. The minimum Gasteiger partial charge on any atom is -0.394 e. The SMILES string of the molecule is CC(=O)NC(c1nc(C2(c3ccccc3)CC2)nn1CCO)C(C)C. The number of hydrogen-bond acceptors (Lipinski definition) is 4. The Hall–Kier alpha value is -2.21. The Morgan fingerprint density at radius 1 is 1.32 bits per heavy atom. The van der Waals surface area contributed by atoms with Crippen LogP contribution >= 0.6 is 0 Å². The third-order valence-corrected chi connectivity index (χ3v) is 4.82. The van der Waals surface area contributed by atoms with Crippen LogP contribution in [-0.2, 0) is 16.8 Å². The first-order chi connectivity index (χ1) is 12.0. The Morgan fingerprint density at radius 2 is 2.00 bits per heavy atom. The van der Waals surface area contributed by atoms with Crippen LogP contribution in [0, 0.1) is 5.92 Å². The summed E-state index contributed by atoms with van der Waals surface area (Å²) in [7, 11) is 0. The summed E-state index contributed by atoms with van der Waals surface area (Å²) in [6.45, 7) is 5.95. The van der Waals surface area contributed by atoms with Gasteiger partial charge in [0.05, 0.1) is 24.6 Å². The lowest BCUT2D eigenvalue weighted by Gasteiger charge is -2.21. The van der Waals surface area contributed by atoms with E-state index in [4.69, 9.17) is 10.1 Å². The van der Waals surface area contributed by atoms with Gasteiger partial charge in [0.1, 0.15) is 5.82 Å². The highest BCUT2D eigenvalue weighted by molar-refractivity contribution is 5.73. The Labute approximate surface area is 148 Å². The van der Waals surface area contributed by atoms with E-state index in [0.717, 1.165) is 24.5 Å². The maximum atomic E-state index is 11.6. The molecule has 1 aromatic carbocycles. The second-order valence-electron chi connectivity index (χ2n) is 7.11. The molecule has 6 heteroatoms. The van der Waals surface area contributed by atoms with Crippen molar-refractivity contribution in [3.05, 3.63) is 47.5 Å². The third-order valence-electron chi connectivity index (χ3n) is 4.82. The number of aliphatic hydroxyl groups is 1. The molecule has 1 heterocycles. The van der Waals surface area contributed by atoms with Gasteiger partial charge in [-0.3, -0.25) is 4.79 Å². The summed E-state index contributed by atoms with van der Waals surface area (Å²) >= 11 is 0. The molecule has 1 aliphatic carbocycles. The molecule has 25 heavy (non-hydrogen) atoms. The number of nitrogens with one attached hydrogen (secondary N) is 1. The van der Waals surface area contributed by atoms with Gasteiger partial charge >= 0.3 is 0 Å². The summed E-state index contributed by atoms with van der Waals surface area (Å²) in [5.74, 6) is 1.59. The minimum atomic E-state index is -0.225. The van der Waals surface area contributed by atoms with Gasteiger partial charge in [0.15, 0.2) is 5.82 Å². The number of carbonyl (C=O) groups excluding carboxylic acids is 1. The summed E-state index contributed by atoms with van der Waals surface area (Å²) in [6.07, 6.45) is 2.04. The van der Waals surface area contributed by atoms with E-state index in [1.54, 1.807) is 4.68 Å². The maximum Gasteiger partial charge on any atom is 0.217 e. The van der Waals surface area contributed by atoms with E-state index < -0.39 is 0 Å². The molecule has 134 valence electrons. The lowest BCUT2D eigenvalue weighted by molar-refractivity contribution is -0.120. The van der Waals surface area contributed by atoms with Crippen molar-refractivity contribution in [1.82, 2.24) is 20.1 Å². The van der Waals surface area contributed by atoms with Crippen molar-refractivity contribution in [2.24, 2.45) is 5.92 Å². The van der Waals surface area contributed by atoms with Crippen LogP contribution in [0.2, 0.25) is 0 Å². The smallest absolute Gasteiger partial charge is 0.217 e. The highest BCUT2D eigenvalue weighted by atomic mass is 16.3. The summed E-state index contributed by atoms with van der Waals surface area (Å²) in [6, 6.07) is 10.1. The molecule has 1 atom stereocenters. The normalized spacial score (nSPS) is 16.7. The van der Waals surface area contributed by atoms with Gasteiger partial charge in [-0.15, -0.1) is 0 Å². The molecule has 1 aliphatic rings. The largest absolute Gasteiger partial charge is 0.394 e. The molecule has 0 bridgehead atoms. The highest BCUT2D eigenvalue weighted by Gasteiger charge is 2.50. The van der Waals surface area contributed by atoms with Gasteiger partial charge in [-0.05, 0) is 24.3 Å². The Kier molecular flexibility index (Phi) is 4.90. The molecule has 2 N–H and O–H groups in total. The fourth-order valence-electron chi connectivity index (χ4n) is 3.32. The van der Waals surface area contributed by atoms with Gasteiger partial charge < -0.3 is 10.4 Å². The molecular formula is C19H26N4O2. The Bertz CT molecular complexity index is 735. The number of amides is 1. The number of benzene rings is 1. The van der Waals surface area contributed by atoms with Crippen LogP contribution in [0.25, 0.3) is 0 Å². The highest BCUT2D eigenvalue weighted by Crippen LogP contribution is 2.52. The van der Waals surface area contributed by atoms with Gasteiger partial charge in [0.25, 0.3) is 0 Å². The van der Waals surface area contributed by atoms with E-state index in [2.05, 4.69) is 17.4 Å². The maximum absolute atomic E-state index is 11.6. The van der Waals surface area contributed by atoms with Gasteiger partial charge in [0, 0.05) is 6.92 Å². The van der Waals surface area contributed by atoms with Crippen LogP contribution in [0.5, 0.6) is 0 Å². The van der Waals surface area contributed by atoms with Crippen molar-refractivity contribution in [1.29, 1.82) is 0 Å². The van der Waals surface area contributed by atoms with Crippen LogP contribution in [0.1, 0.15) is 56.9 Å². The number of nitrogens with zero attached hydrogens (tertiary/aromatic N) is 3. The first kappa shape index (κ1) is 17.6. The molecule has 3 rings (SSSR count). The average Bonchev–Trinajstić information content (AvgIpc) is 3.29. The molecule has 1 fully saturated rings. The quantitative estimate of drug-likeness (QED) is 0.808. The first-order valence-electron chi connectivity index (χ1n) is 8.86. The monoisotopic (exact) mass is 342 g/mol. The van der Waals surface area contributed by atoms with Crippen LogP contribution < -0.4 is 5.32 Å². The van der Waals surface area contributed by atoms with Crippen LogP contribution in [0.3, 0.4) is 0 Å². The van der Waals surface area contributed by atoms with E-state index in [0.29, 0.717) is 6.54 Å². The van der Waals surface area contributed by atoms with Crippen molar-refractivity contribution in [2.75, 3.05) is 6.61 Å². The van der Waals surface area contributed by atoms with Crippen molar-refractivity contribution in [2.45, 2.75) is 51.6 Å². The zero-order valence-electron chi connectivity index (χ0n) is 15.1. The molecule has 1 saturated carbocycles. The van der Waals surface area contributed by atoms with Crippen molar-refractivity contribution in [3.8, 4) is 0 Å². The standard InChI is InChI=1S/C19H26N4O2/c1-13(2)16(20-14(3)25)17-21-18(22-23(17)11-12-24)19(9-10-19)15-7-5-4-6-8-15/h4-8,13,16,24H,9-12H2,1-3H3,(H,20,25). The van der Waals surface area contributed by atoms with Crippen LogP contribution in [0.4, 0.5) is 0 Å². The van der Waals surface area contributed by atoms with Gasteiger partial charge in [0.2, 0.25) is 5.91 Å². The van der Waals surface area contributed by atoms with Gasteiger partial charge in [-0.25, -0.2) is 9.67 Å². The van der Waals surface area contributed by atoms with E-state index in [-0.39, 0.29) is 29.9 Å². The van der Waals surface area contributed by atoms with E-state index in [1.165, 1.54) is 12.5 Å². The third kappa shape index (κ3) is 3.44. The lowest BCUT2D eigenvalue weighted by Crippen LogP contribution is -2.32. The molecular weight excluding hydrogens is 316 g/mol. The lowest BCUT2D eigenvalue weighted by atomic mass is 9.95. The molecule has 6 nitrogen and oxygen atoms in total. The summed E-state index contributed by atoms with van der Waals surface area (Å²) < 4.78 is 1.75. The number of hydrogen-bond donors (Lipinski definition) is 2. The van der Waals surface area contributed by atoms with E-state index in [1.807, 2.05) is 32.0 Å². The Balaban J connectivity index is 2.01. The topological polar surface area (TPSA) is 80.0 Å². The van der Waals surface area contributed by atoms with Crippen molar-refractivity contribution in [3.63, 3.8) is 0 Å². The summed E-state index contributed by atoms with van der Waals surface area (Å²) in [5, 5.41) is 17.1. The van der Waals surface area contributed by atoms with Crippen molar-refractivity contribution < 1.29 is 9.90 Å². The zero-order valence-corrected chi connectivity index (χ0v) is 15.1. The number of rotatable bonds is 7. The fraction of sp³-hybridized carbons (Fsp3) is 0.526. The zero-order chi connectivity index (χ0) is 18.0. The van der Waals surface area contributed by atoms with E-state index in [9.17, 15) is 9.90 Å². The molecule has 0 spiro atoms. The van der Waals surface area contributed by atoms with Gasteiger partial charge in [-0.1, -0.05) is 44.2 Å².